The van der Waals surface area contributed by atoms with Gasteiger partial charge in [-0.3, -0.25) is 19.3 Å². The van der Waals surface area contributed by atoms with Gasteiger partial charge in [-0.05, 0) is 61.3 Å². The molecule has 2 bridgehead atoms. The second-order valence-electron chi connectivity index (χ2n) is 8.78. The van der Waals surface area contributed by atoms with Crippen LogP contribution in [0.1, 0.15) is 33.1 Å². The minimum absolute atomic E-state index is 0.228. The quantitative estimate of drug-likeness (QED) is 0.568. The summed E-state index contributed by atoms with van der Waals surface area (Å²) in [6.45, 7) is 2.93. The molecule has 3 fully saturated rings. The van der Waals surface area contributed by atoms with Gasteiger partial charge in [-0.15, -0.1) is 0 Å². The molecule has 2 saturated carbocycles. The second kappa shape index (κ2) is 7.81. The Bertz CT molecular complexity index is 856. The number of hydrogen-bond acceptors (Lipinski definition) is 5. The maximum atomic E-state index is 13.0. The SMILES string of the molecule is CC(C)[C@@H](C(=O)OCC(=O)Nc1ccc(F)cc1)N1C(=O)[C@H]2[C@@H]3CC[C@@H](C3)[C@@H]2C1=O. The molecule has 1 heterocycles. The van der Waals surface area contributed by atoms with Gasteiger partial charge in [0.25, 0.3) is 5.91 Å². The number of imide groups is 1. The number of esters is 1. The van der Waals surface area contributed by atoms with Gasteiger partial charge in [-0.25, -0.2) is 9.18 Å². The Kier molecular flexibility index (Phi) is 5.34. The van der Waals surface area contributed by atoms with Crippen molar-refractivity contribution in [2.45, 2.75) is 39.2 Å². The molecule has 1 aromatic rings. The largest absolute Gasteiger partial charge is 0.454 e. The van der Waals surface area contributed by atoms with E-state index >= 15 is 0 Å². The van der Waals surface area contributed by atoms with Crippen molar-refractivity contribution in [3.05, 3.63) is 30.1 Å². The molecule has 30 heavy (non-hydrogen) atoms. The average molecular weight is 416 g/mol. The average Bonchev–Trinajstić information content (AvgIpc) is 3.38. The van der Waals surface area contributed by atoms with E-state index in [4.69, 9.17) is 4.74 Å². The van der Waals surface area contributed by atoms with Crippen LogP contribution in [0.3, 0.4) is 0 Å². The van der Waals surface area contributed by atoms with Crippen molar-refractivity contribution in [2.75, 3.05) is 11.9 Å². The van der Waals surface area contributed by atoms with Crippen molar-refractivity contribution in [1.82, 2.24) is 4.90 Å². The van der Waals surface area contributed by atoms with Crippen LogP contribution in [0.2, 0.25) is 0 Å². The van der Waals surface area contributed by atoms with Crippen LogP contribution in [0.15, 0.2) is 24.3 Å². The van der Waals surface area contributed by atoms with Gasteiger partial charge in [0.2, 0.25) is 11.8 Å². The number of nitrogens with zero attached hydrogens (tertiary/aromatic N) is 1. The molecule has 8 heteroatoms. The molecule has 5 atom stereocenters. The van der Waals surface area contributed by atoms with Gasteiger partial charge in [0, 0.05) is 5.69 Å². The number of anilines is 1. The van der Waals surface area contributed by atoms with Crippen LogP contribution < -0.4 is 5.32 Å². The van der Waals surface area contributed by atoms with Crippen LogP contribution in [-0.2, 0) is 23.9 Å². The number of benzene rings is 1. The molecule has 3 aliphatic rings. The zero-order valence-electron chi connectivity index (χ0n) is 17.0. The molecule has 160 valence electrons. The Morgan fingerprint density at radius 1 is 1.10 bits per heavy atom. The van der Waals surface area contributed by atoms with Gasteiger partial charge >= 0.3 is 5.97 Å². The first-order valence-corrected chi connectivity index (χ1v) is 10.4. The van der Waals surface area contributed by atoms with Crippen LogP contribution in [-0.4, -0.2) is 41.2 Å². The minimum Gasteiger partial charge on any atom is -0.454 e. The normalized spacial score (nSPS) is 28.1. The molecule has 2 aliphatic carbocycles. The van der Waals surface area contributed by atoms with E-state index in [0.717, 1.165) is 24.2 Å². The van der Waals surface area contributed by atoms with E-state index in [-0.39, 0.29) is 41.4 Å². The summed E-state index contributed by atoms with van der Waals surface area (Å²) in [5.74, 6) is -2.86. The third-order valence-electron chi connectivity index (χ3n) is 6.59. The molecular formula is C22H25FN2O5. The molecule has 1 aliphatic heterocycles. The summed E-state index contributed by atoms with van der Waals surface area (Å²) in [5.41, 5.74) is 0.367. The smallest absolute Gasteiger partial charge is 0.330 e. The van der Waals surface area contributed by atoms with Gasteiger partial charge in [0.05, 0.1) is 11.8 Å². The molecule has 0 radical (unpaired) electrons. The molecule has 4 rings (SSSR count). The van der Waals surface area contributed by atoms with Gasteiger partial charge in [-0.1, -0.05) is 13.8 Å². The van der Waals surface area contributed by atoms with Gasteiger partial charge in [-0.2, -0.15) is 0 Å². The Morgan fingerprint density at radius 2 is 1.67 bits per heavy atom. The third kappa shape index (κ3) is 3.48. The van der Waals surface area contributed by atoms with E-state index in [1.54, 1.807) is 13.8 Å². The van der Waals surface area contributed by atoms with Gasteiger partial charge in [0.15, 0.2) is 6.61 Å². The number of nitrogens with one attached hydrogen (secondary N) is 1. The maximum absolute atomic E-state index is 13.0. The lowest BCUT2D eigenvalue weighted by molar-refractivity contribution is -0.162. The van der Waals surface area contributed by atoms with Gasteiger partial charge < -0.3 is 10.1 Å². The zero-order valence-corrected chi connectivity index (χ0v) is 17.0. The summed E-state index contributed by atoms with van der Waals surface area (Å²) < 4.78 is 18.1. The van der Waals surface area contributed by atoms with E-state index in [2.05, 4.69) is 5.32 Å². The first kappa shape index (κ1) is 20.5. The summed E-state index contributed by atoms with van der Waals surface area (Å²) >= 11 is 0. The third-order valence-corrected chi connectivity index (χ3v) is 6.59. The summed E-state index contributed by atoms with van der Waals surface area (Å²) in [6.07, 6.45) is 2.83. The molecular weight excluding hydrogens is 391 g/mol. The first-order valence-electron chi connectivity index (χ1n) is 10.4. The Balaban J connectivity index is 1.41. The molecule has 3 amide bonds. The lowest BCUT2D eigenvalue weighted by Crippen LogP contribution is -2.50. The summed E-state index contributed by atoms with van der Waals surface area (Å²) in [5, 5.41) is 2.50. The number of ether oxygens (including phenoxy) is 1. The Morgan fingerprint density at radius 3 is 2.20 bits per heavy atom. The Labute approximate surface area is 173 Å². The molecule has 7 nitrogen and oxygen atoms in total. The summed E-state index contributed by atoms with van der Waals surface area (Å²) in [4.78, 5) is 52.0. The number of carbonyl (C=O) groups is 4. The van der Waals surface area contributed by atoms with Crippen molar-refractivity contribution in [3.8, 4) is 0 Å². The number of rotatable bonds is 6. The fraction of sp³-hybridized carbons (Fsp3) is 0.545. The van der Waals surface area contributed by atoms with Gasteiger partial charge in [0.1, 0.15) is 11.9 Å². The van der Waals surface area contributed by atoms with Crippen LogP contribution in [0, 0.1) is 35.4 Å². The predicted octanol–water partition coefficient (Wildman–Crippen LogP) is 2.36. The van der Waals surface area contributed by atoms with E-state index in [1.807, 2.05) is 0 Å². The van der Waals surface area contributed by atoms with Crippen LogP contribution in [0.4, 0.5) is 10.1 Å². The molecule has 0 spiro atoms. The van der Waals surface area contributed by atoms with Crippen LogP contribution >= 0.6 is 0 Å². The number of hydrogen-bond donors (Lipinski definition) is 1. The fourth-order valence-corrected chi connectivity index (χ4v) is 5.33. The van der Waals surface area contributed by atoms with E-state index < -0.39 is 30.3 Å². The van der Waals surface area contributed by atoms with Crippen molar-refractivity contribution in [3.63, 3.8) is 0 Å². The summed E-state index contributed by atoms with van der Waals surface area (Å²) in [6, 6.07) is 4.13. The summed E-state index contributed by atoms with van der Waals surface area (Å²) in [7, 11) is 0. The lowest BCUT2D eigenvalue weighted by Gasteiger charge is -2.28. The molecule has 0 unspecified atom stereocenters. The second-order valence-corrected chi connectivity index (χ2v) is 8.78. The highest BCUT2D eigenvalue weighted by Gasteiger charge is 2.62. The van der Waals surface area contributed by atoms with Crippen molar-refractivity contribution in [2.24, 2.45) is 29.6 Å². The Hall–Kier alpha value is -2.77. The fourth-order valence-electron chi connectivity index (χ4n) is 5.33. The maximum Gasteiger partial charge on any atom is 0.330 e. The van der Waals surface area contributed by atoms with E-state index in [0.29, 0.717) is 5.69 Å². The van der Waals surface area contributed by atoms with Crippen molar-refractivity contribution in [1.29, 1.82) is 0 Å². The van der Waals surface area contributed by atoms with E-state index in [9.17, 15) is 23.6 Å². The van der Waals surface area contributed by atoms with Crippen LogP contribution in [0.5, 0.6) is 0 Å². The molecule has 1 N–H and O–H groups in total. The van der Waals surface area contributed by atoms with Crippen molar-refractivity contribution < 1.29 is 28.3 Å². The highest BCUT2D eigenvalue weighted by atomic mass is 19.1. The number of likely N-dealkylation sites (tertiary alicyclic amines) is 1. The number of carbonyl (C=O) groups excluding carboxylic acids is 4. The molecule has 1 saturated heterocycles. The molecule has 0 aromatic heterocycles. The highest BCUT2D eigenvalue weighted by Crippen LogP contribution is 2.56. The minimum atomic E-state index is -1.05. The number of halogens is 1. The number of fused-ring (bicyclic) bond motifs is 5. The van der Waals surface area contributed by atoms with Crippen molar-refractivity contribution >= 4 is 29.4 Å². The van der Waals surface area contributed by atoms with E-state index in [1.165, 1.54) is 24.3 Å². The standard InChI is InChI=1S/C22H25FN2O5/c1-11(2)19(22(29)30-10-16(26)24-15-7-5-14(23)6-8-15)25-20(27)17-12-3-4-13(9-12)18(17)21(25)28/h5-8,11-13,17-19H,3-4,9-10H2,1-2H3,(H,24,26)/t12-,13+,17-,18-,19-/m0/s1. The first-order chi connectivity index (χ1) is 14.3. The monoisotopic (exact) mass is 416 g/mol. The number of amides is 3. The van der Waals surface area contributed by atoms with Crippen LogP contribution in [0.25, 0.3) is 0 Å². The molecule has 1 aromatic carbocycles. The highest BCUT2D eigenvalue weighted by molar-refractivity contribution is 6.08. The zero-order chi connectivity index (χ0) is 21.6. The topological polar surface area (TPSA) is 92.8 Å². The predicted molar refractivity (Wildman–Crippen MR) is 104 cm³/mol. The lowest BCUT2D eigenvalue weighted by atomic mass is 9.81.